The van der Waals surface area contributed by atoms with E-state index in [-0.39, 0.29) is 11.9 Å². The van der Waals surface area contributed by atoms with Crippen LogP contribution in [0.5, 0.6) is 0 Å². The predicted octanol–water partition coefficient (Wildman–Crippen LogP) is 1.47. The van der Waals surface area contributed by atoms with E-state index in [4.69, 9.17) is 0 Å². The van der Waals surface area contributed by atoms with Crippen molar-refractivity contribution in [3.05, 3.63) is 47.3 Å². The first-order chi connectivity index (χ1) is 10.1. The van der Waals surface area contributed by atoms with Crippen LogP contribution in [0.25, 0.3) is 5.69 Å². The van der Waals surface area contributed by atoms with Gasteiger partial charge in [0.1, 0.15) is 0 Å². The summed E-state index contributed by atoms with van der Waals surface area (Å²) in [5.74, 6) is 0.126. The van der Waals surface area contributed by atoms with Gasteiger partial charge in [-0.1, -0.05) is 18.2 Å². The summed E-state index contributed by atoms with van der Waals surface area (Å²) in [4.78, 5) is 11.2. The Balaban J connectivity index is 1.77. The van der Waals surface area contributed by atoms with Crippen molar-refractivity contribution < 1.29 is 4.79 Å². The molecule has 1 aromatic carbocycles. The molecule has 0 aliphatic carbocycles. The lowest BCUT2D eigenvalue weighted by Crippen LogP contribution is -2.30. The van der Waals surface area contributed by atoms with E-state index in [1.807, 2.05) is 29.8 Å². The van der Waals surface area contributed by atoms with Gasteiger partial charge in [0.05, 0.1) is 11.4 Å². The van der Waals surface area contributed by atoms with E-state index < -0.39 is 0 Å². The Bertz CT molecular complexity index is 648. The number of rotatable bonds is 4. The summed E-state index contributed by atoms with van der Waals surface area (Å²) in [5.41, 5.74) is 4.45. The van der Waals surface area contributed by atoms with Gasteiger partial charge in [-0.2, -0.15) is 5.10 Å². The summed E-state index contributed by atoms with van der Waals surface area (Å²) in [6, 6.07) is 10.4. The van der Waals surface area contributed by atoms with Gasteiger partial charge in [0.2, 0.25) is 5.91 Å². The van der Waals surface area contributed by atoms with Gasteiger partial charge in [-0.3, -0.25) is 4.79 Å². The van der Waals surface area contributed by atoms with Crippen LogP contribution in [0.4, 0.5) is 0 Å². The monoisotopic (exact) mass is 284 g/mol. The summed E-state index contributed by atoms with van der Waals surface area (Å²) in [6.07, 6.45) is 0.560. The Morgan fingerprint density at radius 2 is 2.10 bits per heavy atom. The highest BCUT2D eigenvalue weighted by atomic mass is 16.1. The van der Waals surface area contributed by atoms with Crippen LogP contribution in [0.2, 0.25) is 0 Å². The number of para-hydroxylation sites is 1. The molecule has 5 heteroatoms. The predicted molar refractivity (Wildman–Crippen MR) is 81.3 cm³/mol. The van der Waals surface area contributed by atoms with E-state index in [0.29, 0.717) is 13.0 Å². The molecule has 1 unspecified atom stereocenters. The number of amides is 1. The van der Waals surface area contributed by atoms with Crippen LogP contribution in [-0.4, -0.2) is 28.3 Å². The molecule has 2 heterocycles. The molecule has 1 amide bonds. The molecule has 1 atom stereocenters. The van der Waals surface area contributed by atoms with Crippen molar-refractivity contribution in [2.24, 2.45) is 0 Å². The number of hydrogen-bond acceptors (Lipinski definition) is 3. The number of nitrogens with one attached hydrogen (secondary N) is 2. The molecule has 3 rings (SSSR count). The largest absolute Gasteiger partial charge is 0.354 e. The summed E-state index contributed by atoms with van der Waals surface area (Å²) in [6.45, 7) is 5.57. The van der Waals surface area contributed by atoms with E-state index in [0.717, 1.165) is 23.6 Å². The first kappa shape index (κ1) is 13.8. The molecule has 110 valence electrons. The Hall–Kier alpha value is -2.14. The molecular weight excluding hydrogens is 264 g/mol. The molecule has 2 N–H and O–H groups in total. The highest BCUT2D eigenvalue weighted by Crippen LogP contribution is 2.18. The molecule has 1 aliphatic rings. The van der Waals surface area contributed by atoms with Crippen molar-refractivity contribution in [2.45, 2.75) is 32.9 Å². The molecule has 21 heavy (non-hydrogen) atoms. The minimum Gasteiger partial charge on any atom is -0.354 e. The number of hydrogen-bond donors (Lipinski definition) is 2. The highest BCUT2D eigenvalue weighted by Gasteiger charge is 2.21. The van der Waals surface area contributed by atoms with E-state index in [1.165, 1.54) is 5.56 Å². The molecule has 1 aromatic heterocycles. The van der Waals surface area contributed by atoms with Crippen LogP contribution in [0.1, 0.15) is 23.4 Å². The fourth-order valence-electron chi connectivity index (χ4n) is 2.75. The van der Waals surface area contributed by atoms with Crippen LogP contribution in [0.3, 0.4) is 0 Å². The topological polar surface area (TPSA) is 59.0 Å². The molecule has 0 bridgehead atoms. The molecule has 0 spiro atoms. The van der Waals surface area contributed by atoms with E-state index in [2.05, 4.69) is 34.8 Å². The second kappa shape index (κ2) is 5.69. The number of benzene rings is 1. The maximum Gasteiger partial charge on any atom is 0.221 e. The van der Waals surface area contributed by atoms with Gasteiger partial charge in [-0.25, -0.2) is 4.68 Å². The van der Waals surface area contributed by atoms with Gasteiger partial charge in [0, 0.05) is 36.8 Å². The van der Waals surface area contributed by atoms with E-state index in [9.17, 15) is 4.79 Å². The Morgan fingerprint density at radius 1 is 1.33 bits per heavy atom. The Kier molecular flexibility index (Phi) is 3.75. The van der Waals surface area contributed by atoms with Crippen molar-refractivity contribution in [3.8, 4) is 5.69 Å². The van der Waals surface area contributed by atoms with Crippen LogP contribution in [-0.2, 0) is 11.3 Å². The Labute approximate surface area is 124 Å². The normalized spacial score (nSPS) is 18.0. The third kappa shape index (κ3) is 2.83. The zero-order chi connectivity index (χ0) is 14.8. The lowest BCUT2D eigenvalue weighted by molar-refractivity contribution is -0.119. The standard InChI is InChI=1S/C16H20N4O/c1-11-15(10-17-13-8-16(21)18-9-13)12(2)20(19-11)14-6-4-3-5-7-14/h3-7,13,17H,8-10H2,1-2H3,(H,18,21). The fourth-order valence-corrected chi connectivity index (χ4v) is 2.75. The molecule has 1 saturated heterocycles. The fraction of sp³-hybridized carbons (Fsp3) is 0.375. The second-order valence-corrected chi connectivity index (χ2v) is 5.48. The molecule has 1 aliphatic heterocycles. The number of aromatic nitrogens is 2. The summed E-state index contributed by atoms with van der Waals surface area (Å²) in [7, 11) is 0. The summed E-state index contributed by atoms with van der Waals surface area (Å²) in [5, 5.41) is 10.9. The first-order valence-corrected chi connectivity index (χ1v) is 7.26. The lowest BCUT2D eigenvalue weighted by atomic mass is 10.1. The minimum absolute atomic E-state index is 0.126. The van der Waals surface area contributed by atoms with Gasteiger partial charge >= 0.3 is 0 Å². The zero-order valence-electron chi connectivity index (χ0n) is 12.4. The molecule has 0 saturated carbocycles. The second-order valence-electron chi connectivity index (χ2n) is 5.48. The average molecular weight is 284 g/mol. The molecular formula is C16H20N4O. The van der Waals surface area contributed by atoms with Gasteiger partial charge < -0.3 is 10.6 Å². The molecule has 2 aromatic rings. The van der Waals surface area contributed by atoms with Crippen molar-refractivity contribution in [2.75, 3.05) is 6.54 Å². The van der Waals surface area contributed by atoms with Crippen molar-refractivity contribution >= 4 is 5.91 Å². The van der Waals surface area contributed by atoms with Crippen LogP contribution < -0.4 is 10.6 Å². The van der Waals surface area contributed by atoms with Crippen LogP contribution >= 0.6 is 0 Å². The van der Waals surface area contributed by atoms with Crippen LogP contribution in [0, 0.1) is 13.8 Å². The van der Waals surface area contributed by atoms with Crippen molar-refractivity contribution in [3.63, 3.8) is 0 Å². The van der Waals surface area contributed by atoms with Gasteiger partial charge in [0.25, 0.3) is 0 Å². The SMILES string of the molecule is Cc1nn(-c2ccccc2)c(C)c1CNC1CNC(=O)C1. The van der Waals surface area contributed by atoms with E-state index >= 15 is 0 Å². The third-order valence-corrected chi connectivity index (χ3v) is 3.99. The number of carbonyl (C=O) groups is 1. The summed E-state index contributed by atoms with van der Waals surface area (Å²) >= 11 is 0. The van der Waals surface area contributed by atoms with Crippen molar-refractivity contribution in [1.29, 1.82) is 0 Å². The number of nitrogens with zero attached hydrogens (tertiary/aromatic N) is 2. The maximum absolute atomic E-state index is 11.2. The molecule has 5 nitrogen and oxygen atoms in total. The van der Waals surface area contributed by atoms with Gasteiger partial charge in [-0.15, -0.1) is 0 Å². The lowest BCUT2D eigenvalue weighted by Gasteiger charge is -2.10. The van der Waals surface area contributed by atoms with Gasteiger partial charge in [-0.05, 0) is 26.0 Å². The van der Waals surface area contributed by atoms with E-state index in [1.54, 1.807) is 0 Å². The third-order valence-electron chi connectivity index (χ3n) is 3.99. The average Bonchev–Trinajstić information content (AvgIpc) is 3.02. The van der Waals surface area contributed by atoms with Gasteiger partial charge in [0.15, 0.2) is 0 Å². The van der Waals surface area contributed by atoms with Crippen LogP contribution in [0.15, 0.2) is 30.3 Å². The number of aryl methyl sites for hydroxylation is 1. The maximum atomic E-state index is 11.2. The smallest absolute Gasteiger partial charge is 0.221 e. The molecule has 0 radical (unpaired) electrons. The first-order valence-electron chi connectivity index (χ1n) is 7.26. The quantitative estimate of drug-likeness (QED) is 0.894. The Morgan fingerprint density at radius 3 is 2.76 bits per heavy atom. The zero-order valence-corrected chi connectivity index (χ0v) is 12.4. The highest BCUT2D eigenvalue weighted by molar-refractivity contribution is 5.78. The molecule has 1 fully saturated rings. The van der Waals surface area contributed by atoms with Crippen molar-refractivity contribution in [1.82, 2.24) is 20.4 Å². The summed E-state index contributed by atoms with van der Waals surface area (Å²) < 4.78 is 1.98. The minimum atomic E-state index is 0.126. The number of carbonyl (C=O) groups excluding carboxylic acids is 1.